The van der Waals surface area contributed by atoms with Gasteiger partial charge < -0.3 is 11.1 Å². The quantitative estimate of drug-likeness (QED) is 0.599. The Morgan fingerprint density at radius 1 is 1.47 bits per heavy atom. The van der Waals surface area contributed by atoms with Gasteiger partial charge >= 0.3 is 0 Å². The number of rotatable bonds is 5. The highest BCUT2D eigenvalue weighted by molar-refractivity contribution is 6.29. The topological polar surface area (TPSA) is 50.9 Å². The van der Waals surface area contributed by atoms with E-state index in [0.717, 1.165) is 12.5 Å². The third-order valence-electron chi connectivity index (χ3n) is 2.67. The monoisotopic (exact) mass is 225 g/mol. The van der Waals surface area contributed by atoms with Crippen LogP contribution in [0.4, 0.5) is 11.5 Å². The summed E-state index contributed by atoms with van der Waals surface area (Å²) in [5.41, 5.74) is 6.42. The number of hydrogen-bond donors (Lipinski definition) is 2. The maximum absolute atomic E-state index is 5.78. The van der Waals surface area contributed by atoms with Crippen molar-refractivity contribution in [2.45, 2.75) is 25.7 Å². The molecule has 2 rings (SSSR count). The highest BCUT2D eigenvalue weighted by Gasteiger charge is 2.19. The summed E-state index contributed by atoms with van der Waals surface area (Å²) in [4.78, 5) is 4.13. The average Bonchev–Trinajstić information content (AvgIpc) is 3.01. The number of halogens is 1. The van der Waals surface area contributed by atoms with E-state index in [2.05, 4.69) is 10.3 Å². The van der Waals surface area contributed by atoms with Crippen molar-refractivity contribution in [3.05, 3.63) is 17.3 Å². The molecular weight excluding hydrogens is 210 g/mol. The second-order valence-corrected chi connectivity index (χ2v) is 4.47. The molecule has 0 spiro atoms. The first kappa shape index (κ1) is 10.6. The zero-order chi connectivity index (χ0) is 10.7. The number of pyridine rings is 1. The van der Waals surface area contributed by atoms with E-state index in [1.54, 1.807) is 12.1 Å². The molecule has 3 N–H and O–H groups in total. The lowest BCUT2D eigenvalue weighted by Gasteiger charge is -2.07. The van der Waals surface area contributed by atoms with Crippen LogP contribution < -0.4 is 11.1 Å². The summed E-state index contributed by atoms with van der Waals surface area (Å²) in [7, 11) is 0. The molecule has 0 atom stereocenters. The normalized spacial score (nSPS) is 15.3. The Labute approximate surface area is 95.0 Å². The largest absolute Gasteiger partial charge is 0.396 e. The van der Waals surface area contributed by atoms with E-state index in [-0.39, 0.29) is 0 Å². The predicted octanol–water partition coefficient (Wildman–Crippen LogP) is 2.92. The minimum absolute atomic E-state index is 0.480. The summed E-state index contributed by atoms with van der Waals surface area (Å²) in [6, 6.07) is 3.48. The zero-order valence-electron chi connectivity index (χ0n) is 8.67. The molecule has 1 aliphatic rings. The van der Waals surface area contributed by atoms with Gasteiger partial charge in [-0.25, -0.2) is 4.98 Å². The van der Waals surface area contributed by atoms with Crippen molar-refractivity contribution < 1.29 is 0 Å². The van der Waals surface area contributed by atoms with Gasteiger partial charge in [0.1, 0.15) is 5.15 Å². The Kier molecular flexibility index (Phi) is 3.31. The summed E-state index contributed by atoms with van der Waals surface area (Å²) in [5.74, 6) is 1.69. The highest BCUT2D eigenvalue weighted by Crippen LogP contribution is 2.33. The lowest BCUT2D eigenvalue weighted by atomic mass is 10.2. The van der Waals surface area contributed by atoms with Gasteiger partial charge in [0, 0.05) is 6.54 Å². The van der Waals surface area contributed by atoms with Crippen molar-refractivity contribution in [3.8, 4) is 0 Å². The Morgan fingerprint density at radius 3 is 3.00 bits per heavy atom. The molecule has 1 saturated carbocycles. The first-order valence-corrected chi connectivity index (χ1v) is 5.79. The molecule has 1 aliphatic carbocycles. The lowest BCUT2D eigenvalue weighted by molar-refractivity contribution is 0.686. The maximum Gasteiger partial charge on any atom is 0.150 e. The maximum atomic E-state index is 5.78. The number of aromatic nitrogens is 1. The fourth-order valence-corrected chi connectivity index (χ4v) is 1.74. The Balaban J connectivity index is 1.78. The van der Waals surface area contributed by atoms with Crippen molar-refractivity contribution in [1.29, 1.82) is 0 Å². The number of nitrogens with zero attached hydrogens (tertiary/aromatic N) is 1. The number of hydrogen-bond acceptors (Lipinski definition) is 3. The van der Waals surface area contributed by atoms with E-state index < -0.39 is 0 Å². The van der Waals surface area contributed by atoms with E-state index in [9.17, 15) is 0 Å². The fourth-order valence-electron chi connectivity index (χ4n) is 1.59. The van der Waals surface area contributed by atoms with Gasteiger partial charge in [-0.2, -0.15) is 0 Å². The minimum Gasteiger partial charge on any atom is -0.396 e. The Morgan fingerprint density at radius 2 is 2.27 bits per heavy atom. The van der Waals surface area contributed by atoms with Crippen LogP contribution in [0.3, 0.4) is 0 Å². The van der Waals surface area contributed by atoms with Crippen molar-refractivity contribution in [2.24, 2.45) is 5.92 Å². The summed E-state index contributed by atoms with van der Waals surface area (Å²) in [5, 5.41) is 3.70. The molecule has 1 aromatic heterocycles. The second kappa shape index (κ2) is 4.71. The van der Waals surface area contributed by atoms with Crippen LogP contribution in [0.25, 0.3) is 0 Å². The van der Waals surface area contributed by atoms with Gasteiger partial charge in [-0.15, -0.1) is 0 Å². The lowest BCUT2D eigenvalue weighted by Crippen LogP contribution is -2.06. The van der Waals surface area contributed by atoms with Crippen LogP contribution >= 0.6 is 11.6 Å². The molecule has 0 unspecified atom stereocenters. The molecule has 0 aliphatic heterocycles. The summed E-state index contributed by atoms with van der Waals surface area (Å²) in [6.07, 6.45) is 5.32. The second-order valence-electron chi connectivity index (χ2n) is 4.08. The molecule has 0 saturated heterocycles. The average molecular weight is 226 g/mol. The van der Waals surface area contributed by atoms with Crippen LogP contribution in [-0.2, 0) is 0 Å². The van der Waals surface area contributed by atoms with Gasteiger partial charge in [0.2, 0.25) is 0 Å². The van der Waals surface area contributed by atoms with Gasteiger partial charge in [0.15, 0.2) is 5.82 Å². The SMILES string of the molecule is Nc1ccc(Cl)nc1NCCCC1CC1. The molecular formula is C11H16ClN3. The molecule has 15 heavy (non-hydrogen) atoms. The van der Waals surface area contributed by atoms with Crippen molar-refractivity contribution in [1.82, 2.24) is 4.98 Å². The molecule has 3 nitrogen and oxygen atoms in total. The van der Waals surface area contributed by atoms with Gasteiger partial charge in [0.25, 0.3) is 0 Å². The predicted molar refractivity (Wildman–Crippen MR) is 64.1 cm³/mol. The van der Waals surface area contributed by atoms with Crippen LogP contribution in [0.5, 0.6) is 0 Å². The smallest absolute Gasteiger partial charge is 0.150 e. The van der Waals surface area contributed by atoms with E-state index in [4.69, 9.17) is 17.3 Å². The van der Waals surface area contributed by atoms with Gasteiger partial charge in [-0.1, -0.05) is 24.4 Å². The van der Waals surface area contributed by atoms with Gasteiger partial charge in [-0.3, -0.25) is 0 Å². The molecule has 0 aromatic carbocycles. The van der Waals surface area contributed by atoms with Crippen LogP contribution in [-0.4, -0.2) is 11.5 Å². The van der Waals surface area contributed by atoms with E-state index in [1.807, 2.05) is 0 Å². The Bertz CT molecular complexity index is 337. The molecule has 82 valence electrons. The first-order chi connectivity index (χ1) is 7.25. The van der Waals surface area contributed by atoms with E-state index >= 15 is 0 Å². The zero-order valence-corrected chi connectivity index (χ0v) is 9.43. The summed E-state index contributed by atoms with van der Waals surface area (Å²) in [6.45, 7) is 0.925. The molecule has 1 heterocycles. The van der Waals surface area contributed by atoms with E-state index in [1.165, 1.54) is 25.7 Å². The van der Waals surface area contributed by atoms with Crippen molar-refractivity contribution in [2.75, 3.05) is 17.6 Å². The number of nitrogens with one attached hydrogen (secondary N) is 1. The molecule has 1 aromatic rings. The molecule has 4 heteroatoms. The molecule has 0 amide bonds. The summed E-state index contributed by atoms with van der Waals surface area (Å²) < 4.78 is 0. The van der Waals surface area contributed by atoms with Crippen LogP contribution in [0.1, 0.15) is 25.7 Å². The summed E-state index contributed by atoms with van der Waals surface area (Å²) >= 11 is 5.78. The standard InChI is InChI=1S/C11H16ClN3/c12-10-6-5-9(13)11(15-10)14-7-1-2-8-3-4-8/h5-6,8H,1-4,7,13H2,(H,14,15). The number of nitrogens with two attached hydrogens (primary N) is 1. The minimum atomic E-state index is 0.480. The Hall–Kier alpha value is -0.960. The molecule has 1 fully saturated rings. The fraction of sp³-hybridized carbons (Fsp3) is 0.545. The van der Waals surface area contributed by atoms with Crippen molar-refractivity contribution in [3.63, 3.8) is 0 Å². The number of nitrogen functional groups attached to an aromatic ring is 1. The van der Waals surface area contributed by atoms with Crippen LogP contribution in [0, 0.1) is 5.92 Å². The molecule has 0 bridgehead atoms. The van der Waals surface area contributed by atoms with Crippen LogP contribution in [0.15, 0.2) is 12.1 Å². The third kappa shape index (κ3) is 3.27. The van der Waals surface area contributed by atoms with Gasteiger partial charge in [-0.05, 0) is 30.9 Å². The number of anilines is 2. The van der Waals surface area contributed by atoms with Crippen molar-refractivity contribution >= 4 is 23.1 Å². The van der Waals surface area contributed by atoms with E-state index in [0.29, 0.717) is 16.7 Å². The van der Waals surface area contributed by atoms with Gasteiger partial charge in [0.05, 0.1) is 5.69 Å². The third-order valence-corrected chi connectivity index (χ3v) is 2.88. The van der Waals surface area contributed by atoms with Crippen LogP contribution in [0.2, 0.25) is 5.15 Å². The highest BCUT2D eigenvalue weighted by atomic mass is 35.5. The first-order valence-electron chi connectivity index (χ1n) is 5.41. The molecule has 0 radical (unpaired) electrons.